The smallest absolute Gasteiger partial charge is 0.317 e. The molecule has 0 aromatic heterocycles. The number of piperidine rings is 1. The first-order chi connectivity index (χ1) is 28.4. The maximum atomic E-state index is 14.0. The molecular weight excluding hydrogens is 762 g/mol. The molecule has 3 fully saturated rings. The molecule has 14 nitrogen and oxygen atoms in total. The van der Waals surface area contributed by atoms with Crippen LogP contribution in [0.25, 0.3) is 0 Å². The summed E-state index contributed by atoms with van der Waals surface area (Å²) in [6.07, 6.45) is 6.84. The third-order valence-electron chi connectivity index (χ3n) is 12.3. The molecule has 2 aliphatic heterocycles. The molecule has 0 radical (unpaired) electrons. The molecule has 326 valence electrons. The van der Waals surface area contributed by atoms with Gasteiger partial charge >= 0.3 is 6.03 Å². The fourth-order valence-corrected chi connectivity index (χ4v) is 8.65. The number of carbonyl (C=O) groups excluding carboxylic acids is 4. The number of urea groups is 1. The van der Waals surface area contributed by atoms with Gasteiger partial charge in [-0.1, -0.05) is 75.6 Å². The Morgan fingerprint density at radius 1 is 0.746 bits per heavy atom. The predicted molar refractivity (Wildman–Crippen MR) is 219 cm³/mol. The number of amides is 5. The quantitative estimate of drug-likeness (QED) is 0.0642. The van der Waals surface area contributed by atoms with E-state index in [0.29, 0.717) is 45.3 Å². The van der Waals surface area contributed by atoms with Gasteiger partial charge < -0.3 is 51.3 Å². The number of aliphatic hydroxyl groups is 5. The average molecular weight is 826 g/mol. The Morgan fingerprint density at radius 2 is 1.29 bits per heavy atom. The third kappa shape index (κ3) is 12.4. The maximum absolute atomic E-state index is 14.0. The number of carbonyl (C=O) groups is 4. The molecule has 2 heterocycles. The minimum Gasteiger partial charge on any atom is -0.394 e. The van der Waals surface area contributed by atoms with E-state index in [0.717, 1.165) is 87.4 Å². The summed E-state index contributed by atoms with van der Waals surface area (Å²) in [5, 5.41) is 56.2. The number of rotatable bonds is 22. The molecule has 8 N–H and O–H groups in total. The number of anilines is 1. The number of unbranched alkanes of at least 4 members (excludes halogenated alkanes) is 7. The lowest BCUT2D eigenvalue weighted by Gasteiger charge is -2.59. The summed E-state index contributed by atoms with van der Waals surface area (Å²) >= 11 is 0. The second-order valence-corrected chi connectivity index (χ2v) is 16.6. The molecule has 1 unspecified atom stereocenters. The molecule has 0 bridgehead atoms. The maximum Gasteiger partial charge on any atom is 0.317 e. The first-order valence-corrected chi connectivity index (χ1v) is 21.5. The summed E-state index contributed by atoms with van der Waals surface area (Å²) < 4.78 is 14.0. The number of halogens is 1. The predicted octanol–water partition coefficient (Wildman–Crippen LogP) is 3.72. The van der Waals surface area contributed by atoms with Gasteiger partial charge in [-0.25, -0.2) is 9.18 Å². The first-order valence-electron chi connectivity index (χ1n) is 21.5. The van der Waals surface area contributed by atoms with Gasteiger partial charge in [0.1, 0.15) is 24.1 Å². The molecule has 59 heavy (non-hydrogen) atoms. The van der Waals surface area contributed by atoms with Crippen LogP contribution in [0.2, 0.25) is 0 Å². The molecular formula is C44H64FN5O9. The van der Waals surface area contributed by atoms with Crippen molar-refractivity contribution in [2.45, 2.75) is 146 Å². The lowest BCUT2D eigenvalue weighted by atomic mass is 9.62. The Morgan fingerprint density at radius 3 is 1.86 bits per heavy atom. The van der Waals surface area contributed by atoms with Crippen molar-refractivity contribution in [3.8, 4) is 0 Å². The van der Waals surface area contributed by atoms with Crippen molar-refractivity contribution in [3.05, 3.63) is 65.5 Å². The zero-order chi connectivity index (χ0) is 42.4. The van der Waals surface area contributed by atoms with Crippen molar-refractivity contribution in [2.24, 2.45) is 5.41 Å². The van der Waals surface area contributed by atoms with Gasteiger partial charge in [-0.3, -0.25) is 14.4 Å². The molecule has 15 heteroatoms. The second kappa shape index (κ2) is 22.5. The molecule has 5 rings (SSSR count). The number of likely N-dealkylation sites (tertiary alicyclic amines) is 1. The van der Waals surface area contributed by atoms with Crippen LogP contribution in [0.3, 0.4) is 0 Å². The van der Waals surface area contributed by atoms with E-state index in [9.17, 15) is 44.0 Å². The number of β-lactam (4-membered cyclic amide) rings is 1. The SMILES string of the molecule is O=C(CCCCCCCCCCC(=O)NC[C@H](O)[C@@H](O)[C@H](O)[C@H](O)CO)NCc1ccc(N2C(=O)C3(CCN(C(=O)NC4CCCC4)CC3)C2c2ccc(F)cc2)cc1. The summed E-state index contributed by atoms with van der Waals surface area (Å²) in [6.45, 7) is 0.288. The molecule has 5 atom stereocenters. The minimum atomic E-state index is -1.73. The zero-order valence-electron chi connectivity index (χ0n) is 34.1. The number of hydrogen-bond donors (Lipinski definition) is 8. The lowest BCUT2D eigenvalue weighted by Crippen LogP contribution is -2.67. The molecule has 5 amide bonds. The molecule has 2 aromatic rings. The highest BCUT2D eigenvalue weighted by Crippen LogP contribution is 2.57. The Balaban J connectivity index is 0.957. The highest BCUT2D eigenvalue weighted by Gasteiger charge is 2.62. The number of aliphatic hydroxyl groups excluding tert-OH is 5. The molecule has 1 aliphatic carbocycles. The van der Waals surface area contributed by atoms with E-state index in [4.69, 9.17) is 5.11 Å². The largest absolute Gasteiger partial charge is 0.394 e. The van der Waals surface area contributed by atoms with E-state index >= 15 is 0 Å². The van der Waals surface area contributed by atoms with E-state index < -0.39 is 36.4 Å². The van der Waals surface area contributed by atoms with E-state index in [2.05, 4.69) is 16.0 Å². The summed E-state index contributed by atoms with van der Waals surface area (Å²) in [4.78, 5) is 55.2. The Hall–Kier alpha value is -4.15. The molecule has 2 saturated heterocycles. The van der Waals surface area contributed by atoms with Crippen LogP contribution in [0.5, 0.6) is 0 Å². The van der Waals surface area contributed by atoms with Crippen molar-refractivity contribution in [2.75, 3.05) is 31.1 Å². The van der Waals surface area contributed by atoms with Crippen LogP contribution in [0.15, 0.2) is 48.5 Å². The molecule has 3 aliphatic rings. The number of hydrogen-bond acceptors (Lipinski definition) is 9. The fraction of sp³-hybridized carbons (Fsp3) is 0.636. The van der Waals surface area contributed by atoms with Crippen LogP contribution in [0, 0.1) is 11.2 Å². The lowest BCUT2D eigenvalue weighted by molar-refractivity contribution is -0.144. The van der Waals surface area contributed by atoms with Gasteiger partial charge in [0.2, 0.25) is 17.7 Å². The second-order valence-electron chi connectivity index (χ2n) is 16.6. The molecule has 1 spiro atoms. The van der Waals surface area contributed by atoms with Crippen molar-refractivity contribution in [1.82, 2.24) is 20.9 Å². The molecule has 1 saturated carbocycles. The summed E-state index contributed by atoms with van der Waals surface area (Å²) in [6, 6.07) is 13.8. The van der Waals surface area contributed by atoms with Gasteiger partial charge in [0.05, 0.1) is 24.2 Å². The van der Waals surface area contributed by atoms with E-state index in [1.54, 1.807) is 17.0 Å². The normalized spacial score (nSPS) is 19.8. The van der Waals surface area contributed by atoms with Gasteiger partial charge in [0, 0.05) is 50.7 Å². The zero-order valence-corrected chi connectivity index (χ0v) is 34.1. The monoisotopic (exact) mass is 825 g/mol. The van der Waals surface area contributed by atoms with Crippen LogP contribution in [-0.2, 0) is 20.9 Å². The van der Waals surface area contributed by atoms with Crippen LogP contribution in [-0.4, -0.2) is 111 Å². The summed E-state index contributed by atoms with van der Waals surface area (Å²) in [5.74, 6) is -0.633. The van der Waals surface area contributed by atoms with E-state index in [1.165, 1.54) is 12.1 Å². The van der Waals surface area contributed by atoms with E-state index in [-0.39, 0.29) is 54.6 Å². The Kier molecular flexibility index (Phi) is 17.5. The van der Waals surface area contributed by atoms with Crippen LogP contribution in [0.1, 0.15) is 120 Å². The average Bonchev–Trinajstić information content (AvgIpc) is 3.77. The van der Waals surface area contributed by atoms with Crippen molar-refractivity contribution in [1.29, 1.82) is 0 Å². The van der Waals surface area contributed by atoms with Gasteiger partial charge in [-0.2, -0.15) is 0 Å². The standard InChI is InChI=1S/C44H64FN5O9/c45-32-19-17-31(18-20-32)41-44(23-25-49(26-24-44)43(59)48-33-11-9-10-12-33)42(58)50(41)34-21-15-30(16-22-34)27-46-37(54)13-7-5-3-1-2-4-6-8-14-38(55)47-28-35(52)39(56)40(57)36(53)29-51/h15-22,33,35-36,39-41,51-53,56-57H,1-14,23-29H2,(H,46,54)(H,47,55)(H,48,59)/t35-,36+,39+,40+,41?/m0/s1. The van der Waals surface area contributed by atoms with Crippen molar-refractivity contribution < 1.29 is 49.1 Å². The number of nitrogens with zero attached hydrogens (tertiary/aromatic N) is 2. The fourth-order valence-electron chi connectivity index (χ4n) is 8.65. The van der Waals surface area contributed by atoms with Crippen LogP contribution < -0.4 is 20.9 Å². The van der Waals surface area contributed by atoms with Gasteiger partial charge in [-0.05, 0) is 73.9 Å². The highest BCUT2D eigenvalue weighted by atomic mass is 19.1. The van der Waals surface area contributed by atoms with Gasteiger partial charge in [0.25, 0.3) is 0 Å². The number of nitrogens with one attached hydrogen (secondary N) is 3. The van der Waals surface area contributed by atoms with Crippen LogP contribution >= 0.6 is 0 Å². The van der Waals surface area contributed by atoms with Gasteiger partial charge in [-0.15, -0.1) is 0 Å². The summed E-state index contributed by atoms with van der Waals surface area (Å²) in [7, 11) is 0. The highest BCUT2D eigenvalue weighted by molar-refractivity contribution is 6.06. The summed E-state index contributed by atoms with van der Waals surface area (Å²) in [5.41, 5.74) is 1.84. The van der Waals surface area contributed by atoms with Crippen molar-refractivity contribution >= 4 is 29.4 Å². The minimum absolute atomic E-state index is 0.0126. The van der Waals surface area contributed by atoms with Crippen molar-refractivity contribution in [3.63, 3.8) is 0 Å². The van der Waals surface area contributed by atoms with Gasteiger partial charge in [0.15, 0.2) is 0 Å². The topological polar surface area (TPSA) is 212 Å². The van der Waals surface area contributed by atoms with Crippen LogP contribution in [0.4, 0.5) is 14.9 Å². The number of benzene rings is 2. The Bertz CT molecular complexity index is 1650. The third-order valence-corrected chi connectivity index (χ3v) is 12.3. The first kappa shape index (κ1) is 45.9. The Labute approximate surface area is 346 Å². The molecule has 2 aromatic carbocycles. The van der Waals surface area contributed by atoms with E-state index in [1.807, 2.05) is 29.2 Å².